The van der Waals surface area contributed by atoms with E-state index in [1.165, 1.54) is 16.0 Å². The first-order valence-electron chi connectivity index (χ1n) is 6.56. The Kier molecular flexibility index (Phi) is 4.55. The fourth-order valence-electron chi connectivity index (χ4n) is 2.03. The smallest absolute Gasteiger partial charge is 0.0704 e. The molecule has 0 fully saturated rings. The Morgan fingerprint density at radius 2 is 2.28 bits per heavy atom. The summed E-state index contributed by atoms with van der Waals surface area (Å²) in [6.07, 6.45) is 5.27. The number of aromatic nitrogens is 2. The number of hydrogen-bond acceptors (Lipinski definition) is 3. The summed E-state index contributed by atoms with van der Waals surface area (Å²) in [6.45, 7) is 8.43. The summed E-state index contributed by atoms with van der Waals surface area (Å²) in [5.74, 6) is 0. The van der Waals surface area contributed by atoms with E-state index in [0.717, 1.165) is 19.5 Å². The van der Waals surface area contributed by atoms with Crippen LogP contribution in [0.3, 0.4) is 0 Å². The van der Waals surface area contributed by atoms with Crippen LogP contribution in [0, 0.1) is 6.92 Å². The fraction of sp³-hybridized carbons (Fsp3) is 0.500. The van der Waals surface area contributed by atoms with E-state index in [0.29, 0.717) is 0 Å². The second-order valence-electron chi connectivity index (χ2n) is 4.48. The number of nitrogens with zero attached hydrogens (tertiary/aromatic N) is 2. The molecule has 0 saturated carbocycles. The molecule has 2 heterocycles. The maximum absolute atomic E-state index is 4.38. The predicted molar refractivity (Wildman–Crippen MR) is 77.1 cm³/mol. The van der Waals surface area contributed by atoms with Gasteiger partial charge in [-0.3, -0.25) is 4.68 Å². The first kappa shape index (κ1) is 13.3. The second kappa shape index (κ2) is 6.16. The van der Waals surface area contributed by atoms with Crippen molar-refractivity contribution in [2.75, 3.05) is 6.54 Å². The van der Waals surface area contributed by atoms with Crippen LogP contribution in [0.1, 0.15) is 42.3 Å². The van der Waals surface area contributed by atoms with Crippen molar-refractivity contribution >= 4 is 11.3 Å². The van der Waals surface area contributed by atoms with Crippen LogP contribution in [-0.2, 0) is 6.54 Å². The third kappa shape index (κ3) is 2.82. The third-order valence-corrected chi connectivity index (χ3v) is 4.16. The molecule has 18 heavy (non-hydrogen) atoms. The Labute approximate surface area is 113 Å². The first-order chi connectivity index (χ1) is 8.76. The van der Waals surface area contributed by atoms with Crippen LogP contribution >= 0.6 is 11.3 Å². The lowest BCUT2D eigenvalue weighted by molar-refractivity contribution is 0.601. The zero-order chi connectivity index (χ0) is 13.0. The van der Waals surface area contributed by atoms with Gasteiger partial charge in [0, 0.05) is 23.2 Å². The molecule has 98 valence electrons. The molecule has 2 aromatic heterocycles. The number of aryl methyl sites for hydroxylation is 2. The number of thiophene rings is 1. The van der Waals surface area contributed by atoms with Gasteiger partial charge in [0.1, 0.15) is 0 Å². The summed E-state index contributed by atoms with van der Waals surface area (Å²) in [6, 6.07) is 2.47. The molecule has 0 aromatic carbocycles. The van der Waals surface area contributed by atoms with E-state index in [4.69, 9.17) is 0 Å². The van der Waals surface area contributed by atoms with Gasteiger partial charge in [0.25, 0.3) is 0 Å². The van der Waals surface area contributed by atoms with Crippen LogP contribution in [-0.4, -0.2) is 16.3 Å². The summed E-state index contributed by atoms with van der Waals surface area (Å²) < 4.78 is 1.99. The van der Waals surface area contributed by atoms with Crippen LogP contribution in [0.2, 0.25) is 0 Å². The van der Waals surface area contributed by atoms with Crippen LogP contribution in [0.15, 0.2) is 23.8 Å². The molecule has 1 atom stereocenters. The summed E-state index contributed by atoms with van der Waals surface area (Å²) in [5.41, 5.74) is 2.62. The summed E-state index contributed by atoms with van der Waals surface area (Å²) in [5, 5.41) is 10.2. The maximum atomic E-state index is 4.38. The average molecular weight is 263 g/mol. The summed E-state index contributed by atoms with van der Waals surface area (Å²) in [7, 11) is 0. The minimum absolute atomic E-state index is 0.283. The second-order valence-corrected chi connectivity index (χ2v) is 5.43. The van der Waals surface area contributed by atoms with Gasteiger partial charge >= 0.3 is 0 Å². The minimum Gasteiger partial charge on any atom is -0.305 e. The van der Waals surface area contributed by atoms with E-state index in [-0.39, 0.29) is 6.04 Å². The Morgan fingerprint density at radius 3 is 2.83 bits per heavy atom. The van der Waals surface area contributed by atoms with Crippen molar-refractivity contribution in [1.29, 1.82) is 0 Å². The van der Waals surface area contributed by atoms with Gasteiger partial charge in [0.15, 0.2) is 0 Å². The van der Waals surface area contributed by atoms with Crippen LogP contribution in [0.25, 0.3) is 0 Å². The highest BCUT2D eigenvalue weighted by Gasteiger charge is 2.18. The van der Waals surface area contributed by atoms with Gasteiger partial charge in [0.2, 0.25) is 0 Å². The highest BCUT2D eigenvalue weighted by Crippen LogP contribution is 2.29. The maximum Gasteiger partial charge on any atom is 0.0704 e. The zero-order valence-electron chi connectivity index (χ0n) is 11.3. The topological polar surface area (TPSA) is 29.9 Å². The van der Waals surface area contributed by atoms with E-state index in [1.54, 1.807) is 0 Å². The standard InChI is InChI=1S/C14H21N3S/c1-4-7-15-13(14-11(3)6-8-18-14)12-9-16-17(5-2)10-12/h6,8-10,13,15H,4-5,7H2,1-3H3. The molecule has 3 nitrogen and oxygen atoms in total. The lowest BCUT2D eigenvalue weighted by Crippen LogP contribution is -2.22. The Hall–Kier alpha value is -1.13. The van der Waals surface area contributed by atoms with Crippen molar-refractivity contribution in [1.82, 2.24) is 15.1 Å². The quantitative estimate of drug-likeness (QED) is 0.866. The molecule has 1 unspecified atom stereocenters. The predicted octanol–water partition coefficient (Wildman–Crippen LogP) is 3.36. The highest BCUT2D eigenvalue weighted by atomic mass is 32.1. The Bertz CT molecular complexity index is 487. The SMILES string of the molecule is CCCNC(c1cnn(CC)c1)c1sccc1C. The molecule has 0 aliphatic rings. The van der Waals surface area contributed by atoms with E-state index in [9.17, 15) is 0 Å². The Balaban J connectivity index is 2.27. The Morgan fingerprint density at radius 1 is 1.44 bits per heavy atom. The molecule has 2 aromatic rings. The van der Waals surface area contributed by atoms with Crippen molar-refractivity contribution < 1.29 is 0 Å². The van der Waals surface area contributed by atoms with Gasteiger partial charge in [-0.2, -0.15) is 5.10 Å². The van der Waals surface area contributed by atoms with Gasteiger partial charge in [-0.05, 0) is 43.8 Å². The van der Waals surface area contributed by atoms with Gasteiger partial charge in [-0.15, -0.1) is 11.3 Å². The molecule has 4 heteroatoms. The largest absolute Gasteiger partial charge is 0.305 e. The van der Waals surface area contributed by atoms with E-state index in [1.807, 2.05) is 22.2 Å². The lowest BCUT2D eigenvalue weighted by atomic mass is 10.1. The van der Waals surface area contributed by atoms with Crippen molar-refractivity contribution in [3.8, 4) is 0 Å². The summed E-state index contributed by atoms with van der Waals surface area (Å²) in [4.78, 5) is 1.40. The van der Waals surface area contributed by atoms with E-state index < -0.39 is 0 Å². The average Bonchev–Trinajstić information content (AvgIpc) is 3.00. The molecule has 1 N–H and O–H groups in total. The van der Waals surface area contributed by atoms with Gasteiger partial charge in [0.05, 0.1) is 12.2 Å². The zero-order valence-corrected chi connectivity index (χ0v) is 12.1. The number of nitrogens with one attached hydrogen (secondary N) is 1. The molecule has 2 rings (SSSR count). The van der Waals surface area contributed by atoms with Crippen molar-refractivity contribution in [3.05, 3.63) is 39.8 Å². The molecule has 0 aliphatic heterocycles. The third-order valence-electron chi connectivity index (χ3n) is 3.07. The first-order valence-corrected chi connectivity index (χ1v) is 7.44. The van der Waals surface area contributed by atoms with Crippen molar-refractivity contribution in [2.45, 2.75) is 39.8 Å². The number of hydrogen-bond donors (Lipinski definition) is 1. The molecule has 0 saturated heterocycles. The minimum atomic E-state index is 0.283. The van der Waals surface area contributed by atoms with Gasteiger partial charge in [-0.25, -0.2) is 0 Å². The van der Waals surface area contributed by atoms with Gasteiger partial charge < -0.3 is 5.32 Å². The van der Waals surface area contributed by atoms with Crippen LogP contribution in [0.4, 0.5) is 0 Å². The molecular weight excluding hydrogens is 242 g/mol. The van der Waals surface area contributed by atoms with Gasteiger partial charge in [-0.1, -0.05) is 6.92 Å². The molecule has 0 radical (unpaired) electrons. The normalized spacial score (nSPS) is 12.8. The highest BCUT2D eigenvalue weighted by molar-refractivity contribution is 7.10. The fourth-order valence-corrected chi connectivity index (χ4v) is 3.06. The van der Waals surface area contributed by atoms with E-state index in [2.05, 4.69) is 48.8 Å². The van der Waals surface area contributed by atoms with Crippen molar-refractivity contribution in [3.63, 3.8) is 0 Å². The summed E-state index contributed by atoms with van der Waals surface area (Å²) >= 11 is 1.82. The molecule has 0 spiro atoms. The molecular formula is C14H21N3S. The monoisotopic (exact) mass is 263 g/mol. The van der Waals surface area contributed by atoms with Crippen LogP contribution in [0.5, 0.6) is 0 Å². The molecule has 0 aliphatic carbocycles. The molecule has 0 amide bonds. The van der Waals surface area contributed by atoms with Crippen LogP contribution < -0.4 is 5.32 Å². The number of rotatable bonds is 6. The molecule has 0 bridgehead atoms. The lowest BCUT2D eigenvalue weighted by Gasteiger charge is -2.16. The van der Waals surface area contributed by atoms with Crippen molar-refractivity contribution in [2.24, 2.45) is 0 Å². The van der Waals surface area contributed by atoms with E-state index >= 15 is 0 Å².